The van der Waals surface area contributed by atoms with Crippen molar-refractivity contribution in [2.24, 2.45) is 0 Å². The molecule has 0 atom stereocenters. The lowest BCUT2D eigenvalue weighted by Crippen LogP contribution is -1.90. The molecule has 0 N–H and O–H groups in total. The molecule has 0 aliphatic carbocycles. The van der Waals surface area contributed by atoms with Gasteiger partial charge in [-0.3, -0.25) is 9.97 Å². The van der Waals surface area contributed by atoms with Crippen LogP contribution in [0.4, 0.5) is 0 Å². The molecule has 3 heteroatoms. The highest BCUT2D eigenvalue weighted by Gasteiger charge is 2.11. The molecule has 4 rings (SSSR count). The Morgan fingerprint density at radius 3 is 2.57 bits per heavy atom. The minimum absolute atomic E-state index is 1.05. The minimum Gasteiger partial charge on any atom is -0.264 e. The van der Waals surface area contributed by atoms with Gasteiger partial charge in [0.25, 0.3) is 0 Å². The van der Waals surface area contributed by atoms with Crippen LogP contribution < -0.4 is 0 Å². The first-order valence-electron chi connectivity index (χ1n) is 6.71. The Balaban J connectivity index is 2.22. The lowest BCUT2D eigenvalue weighted by Gasteiger charge is -2.10. The second-order valence-corrected chi connectivity index (χ2v) is 6.07. The quantitative estimate of drug-likeness (QED) is 0.340. The first-order chi connectivity index (χ1) is 10.3. The van der Waals surface area contributed by atoms with Crippen molar-refractivity contribution >= 4 is 44.3 Å². The number of fused-ring (bicyclic) bond motifs is 3. The standard InChI is InChI=1S/C18H11IN2/c19-16-7-6-14(12-4-2-1-3-5-12)17-15-8-9-20-10-13(15)11-21-18(16)17/h1-11H. The van der Waals surface area contributed by atoms with Gasteiger partial charge in [-0.25, -0.2) is 0 Å². The molecule has 0 saturated carbocycles. The predicted octanol–water partition coefficient (Wildman–Crippen LogP) is 5.05. The SMILES string of the molecule is Ic1ccc(-c2ccccc2)c2c1ncc1cnccc12. The molecule has 0 unspecified atom stereocenters. The first kappa shape index (κ1) is 12.7. The Morgan fingerprint density at radius 1 is 0.857 bits per heavy atom. The molecule has 0 fully saturated rings. The summed E-state index contributed by atoms with van der Waals surface area (Å²) in [5.74, 6) is 0. The third-order valence-electron chi connectivity index (χ3n) is 3.67. The van der Waals surface area contributed by atoms with E-state index in [0.29, 0.717) is 0 Å². The number of pyridine rings is 2. The summed E-state index contributed by atoms with van der Waals surface area (Å²) >= 11 is 2.35. The van der Waals surface area contributed by atoms with Gasteiger partial charge in [0.05, 0.1) is 5.52 Å². The molecule has 0 amide bonds. The van der Waals surface area contributed by atoms with Crippen molar-refractivity contribution in [3.63, 3.8) is 0 Å². The Hall–Kier alpha value is -2.01. The normalized spacial score (nSPS) is 11.1. The second-order valence-electron chi connectivity index (χ2n) is 4.91. The molecule has 21 heavy (non-hydrogen) atoms. The van der Waals surface area contributed by atoms with Crippen LogP contribution in [0, 0.1) is 3.57 Å². The summed E-state index contributed by atoms with van der Waals surface area (Å²) in [6, 6.07) is 16.8. The van der Waals surface area contributed by atoms with Gasteiger partial charge in [-0.05, 0) is 51.2 Å². The van der Waals surface area contributed by atoms with Crippen LogP contribution in [0.5, 0.6) is 0 Å². The van der Waals surface area contributed by atoms with Crippen LogP contribution in [0.1, 0.15) is 0 Å². The highest BCUT2D eigenvalue weighted by Crippen LogP contribution is 2.34. The number of halogens is 1. The molecule has 2 nitrogen and oxygen atoms in total. The van der Waals surface area contributed by atoms with Gasteiger partial charge in [-0.2, -0.15) is 0 Å². The molecule has 2 aromatic carbocycles. The maximum absolute atomic E-state index is 4.65. The molecule has 100 valence electrons. The largest absolute Gasteiger partial charge is 0.264 e. The maximum Gasteiger partial charge on any atom is 0.0848 e. The minimum atomic E-state index is 1.05. The monoisotopic (exact) mass is 382 g/mol. The molecule has 0 bridgehead atoms. The first-order valence-corrected chi connectivity index (χ1v) is 7.79. The van der Waals surface area contributed by atoms with Crippen LogP contribution in [0.2, 0.25) is 0 Å². The van der Waals surface area contributed by atoms with Gasteiger partial charge in [0.1, 0.15) is 0 Å². The smallest absolute Gasteiger partial charge is 0.0848 e. The van der Waals surface area contributed by atoms with E-state index in [1.807, 2.05) is 24.7 Å². The fraction of sp³-hybridized carbons (Fsp3) is 0. The highest BCUT2D eigenvalue weighted by atomic mass is 127. The third kappa shape index (κ3) is 2.08. The zero-order valence-electron chi connectivity index (χ0n) is 11.1. The zero-order valence-corrected chi connectivity index (χ0v) is 13.3. The molecule has 0 aliphatic rings. The topological polar surface area (TPSA) is 25.8 Å². The molecule has 2 heterocycles. The van der Waals surface area contributed by atoms with E-state index in [0.717, 1.165) is 10.9 Å². The van der Waals surface area contributed by atoms with Gasteiger partial charge in [0.15, 0.2) is 0 Å². The van der Waals surface area contributed by atoms with Crippen LogP contribution in [0.25, 0.3) is 32.8 Å². The Kier molecular flexibility index (Phi) is 3.07. The second kappa shape index (κ2) is 5.07. The van der Waals surface area contributed by atoms with Crippen LogP contribution in [-0.4, -0.2) is 9.97 Å². The van der Waals surface area contributed by atoms with Gasteiger partial charge in [0, 0.05) is 32.9 Å². The summed E-state index contributed by atoms with van der Waals surface area (Å²) in [5.41, 5.74) is 3.48. The molecular weight excluding hydrogens is 371 g/mol. The van der Waals surface area contributed by atoms with Crippen molar-refractivity contribution in [3.05, 3.63) is 70.7 Å². The fourth-order valence-corrected chi connectivity index (χ4v) is 3.28. The summed E-state index contributed by atoms with van der Waals surface area (Å²) in [5, 5.41) is 3.48. The van der Waals surface area contributed by atoms with Gasteiger partial charge in [0.2, 0.25) is 0 Å². The molecule has 0 aliphatic heterocycles. The van der Waals surface area contributed by atoms with E-state index in [1.165, 1.54) is 25.5 Å². The van der Waals surface area contributed by atoms with E-state index in [9.17, 15) is 0 Å². The van der Waals surface area contributed by atoms with Crippen molar-refractivity contribution in [1.82, 2.24) is 9.97 Å². The number of hydrogen-bond acceptors (Lipinski definition) is 2. The number of rotatable bonds is 1. The summed E-state index contributed by atoms with van der Waals surface area (Å²) in [6.07, 6.45) is 5.62. The lowest BCUT2D eigenvalue weighted by molar-refractivity contribution is 1.35. The highest BCUT2D eigenvalue weighted by molar-refractivity contribution is 14.1. The number of nitrogens with zero attached hydrogens (tertiary/aromatic N) is 2. The van der Waals surface area contributed by atoms with Crippen LogP contribution in [0.3, 0.4) is 0 Å². The van der Waals surface area contributed by atoms with Crippen molar-refractivity contribution < 1.29 is 0 Å². The number of aromatic nitrogens is 2. The van der Waals surface area contributed by atoms with E-state index in [2.05, 4.69) is 75.0 Å². The molecule has 0 spiro atoms. The van der Waals surface area contributed by atoms with Crippen molar-refractivity contribution in [2.45, 2.75) is 0 Å². The summed E-state index contributed by atoms with van der Waals surface area (Å²) < 4.78 is 1.17. The molecule has 0 saturated heterocycles. The van der Waals surface area contributed by atoms with Gasteiger partial charge < -0.3 is 0 Å². The van der Waals surface area contributed by atoms with Crippen LogP contribution >= 0.6 is 22.6 Å². The average molecular weight is 382 g/mol. The Labute approximate surface area is 136 Å². The lowest BCUT2D eigenvalue weighted by atomic mass is 9.97. The molecular formula is C18H11IN2. The molecule has 2 aromatic heterocycles. The van der Waals surface area contributed by atoms with E-state index in [-0.39, 0.29) is 0 Å². The van der Waals surface area contributed by atoms with Gasteiger partial charge in [-0.15, -0.1) is 0 Å². The Morgan fingerprint density at radius 2 is 1.71 bits per heavy atom. The van der Waals surface area contributed by atoms with E-state index in [1.54, 1.807) is 0 Å². The molecule has 0 radical (unpaired) electrons. The summed E-state index contributed by atoms with van der Waals surface area (Å²) in [7, 11) is 0. The van der Waals surface area contributed by atoms with Crippen molar-refractivity contribution in [1.29, 1.82) is 0 Å². The zero-order chi connectivity index (χ0) is 14.2. The van der Waals surface area contributed by atoms with Crippen LogP contribution in [-0.2, 0) is 0 Å². The summed E-state index contributed by atoms with van der Waals surface area (Å²) in [4.78, 5) is 8.85. The van der Waals surface area contributed by atoms with E-state index < -0.39 is 0 Å². The van der Waals surface area contributed by atoms with E-state index in [4.69, 9.17) is 0 Å². The van der Waals surface area contributed by atoms with Gasteiger partial charge in [-0.1, -0.05) is 36.4 Å². The maximum atomic E-state index is 4.65. The van der Waals surface area contributed by atoms with E-state index >= 15 is 0 Å². The predicted molar refractivity (Wildman–Crippen MR) is 95.2 cm³/mol. The summed E-state index contributed by atoms with van der Waals surface area (Å²) in [6.45, 7) is 0. The molecule has 4 aromatic rings. The van der Waals surface area contributed by atoms with Gasteiger partial charge >= 0.3 is 0 Å². The fourth-order valence-electron chi connectivity index (χ4n) is 2.69. The average Bonchev–Trinajstić information content (AvgIpc) is 2.56. The van der Waals surface area contributed by atoms with Crippen molar-refractivity contribution in [3.8, 4) is 11.1 Å². The third-order valence-corrected chi connectivity index (χ3v) is 4.54. The number of hydrogen-bond donors (Lipinski definition) is 0. The number of benzene rings is 2. The van der Waals surface area contributed by atoms with Crippen LogP contribution in [0.15, 0.2) is 67.1 Å². The Bertz CT molecular complexity index is 949. The van der Waals surface area contributed by atoms with Crippen molar-refractivity contribution in [2.75, 3.05) is 0 Å².